The summed E-state index contributed by atoms with van der Waals surface area (Å²) in [4.78, 5) is 22.9. The van der Waals surface area contributed by atoms with Crippen LogP contribution in [0.1, 0.15) is 5.56 Å². The Morgan fingerprint density at radius 3 is 2.68 bits per heavy atom. The average molecular weight is 279 g/mol. The van der Waals surface area contributed by atoms with Crippen LogP contribution in [0.15, 0.2) is 17.0 Å². The Morgan fingerprint density at radius 2 is 2.05 bits per heavy atom. The molecular weight excluding hydrogens is 270 g/mol. The van der Waals surface area contributed by atoms with Crippen LogP contribution in [-0.2, 0) is 4.79 Å². The molecule has 1 aromatic carbocycles. The van der Waals surface area contributed by atoms with E-state index >= 15 is 0 Å². The molecule has 0 atom stereocenters. The molecular formula is C12H9NO5S. The minimum Gasteiger partial charge on any atom is -0.496 e. The Labute approximate surface area is 112 Å². The van der Waals surface area contributed by atoms with Gasteiger partial charge in [-0.15, -0.1) is 0 Å². The molecule has 0 unspecified atom stereocenters. The summed E-state index contributed by atoms with van der Waals surface area (Å²) in [6.45, 7) is 0.159. The van der Waals surface area contributed by atoms with E-state index < -0.39 is 5.91 Å². The second-order valence-electron chi connectivity index (χ2n) is 3.80. The van der Waals surface area contributed by atoms with Crippen LogP contribution in [0, 0.1) is 0 Å². The van der Waals surface area contributed by atoms with E-state index in [9.17, 15) is 9.59 Å². The maximum atomic E-state index is 11.5. The Hall–Kier alpha value is -2.15. The smallest absolute Gasteiger partial charge is 0.290 e. The van der Waals surface area contributed by atoms with E-state index in [4.69, 9.17) is 14.2 Å². The summed E-state index contributed by atoms with van der Waals surface area (Å²) in [5, 5.41) is 1.82. The SMILES string of the molecule is COc1cc2c(cc1/C=C1/SC(=O)NC1=O)OCO2. The van der Waals surface area contributed by atoms with Crippen LogP contribution in [-0.4, -0.2) is 25.0 Å². The monoisotopic (exact) mass is 279 g/mol. The Bertz CT molecular complexity index is 610. The molecule has 7 heteroatoms. The lowest BCUT2D eigenvalue weighted by atomic mass is 10.1. The molecule has 2 aliphatic heterocycles. The minimum absolute atomic E-state index is 0.159. The number of fused-ring (bicyclic) bond motifs is 1. The molecule has 1 fully saturated rings. The normalized spacial score (nSPS) is 18.9. The highest BCUT2D eigenvalue weighted by atomic mass is 32.2. The Kier molecular flexibility index (Phi) is 2.83. The average Bonchev–Trinajstić information content (AvgIpc) is 2.95. The van der Waals surface area contributed by atoms with Gasteiger partial charge in [0, 0.05) is 11.6 Å². The van der Waals surface area contributed by atoms with E-state index in [0.717, 1.165) is 11.8 Å². The van der Waals surface area contributed by atoms with Crippen molar-refractivity contribution >= 4 is 29.0 Å². The predicted molar refractivity (Wildman–Crippen MR) is 68.2 cm³/mol. The highest BCUT2D eigenvalue weighted by molar-refractivity contribution is 8.18. The maximum Gasteiger partial charge on any atom is 0.290 e. The summed E-state index contributed by atoms with van der Waals surface area (Å²) in [5.74, 6) is 1.32. The number of imide groups is 1. The summed E-state index contributed by atoms with van der Waals surface area (Å²) >= 11 is 0.855. The van der Waals surface area contributed by atoms with Crippen molar-refractivity contribution in [2.45, 2.75) is 0 Å². The number of carbonyl (C=O) groups is 2. The molecule has 0 aromatic heterocycles. The van der Waals surface area contributed by atoms with Crippen LogP contribution in [0.3, 0.4) is 0 Å². The van der Waals surface area contributed by atoms with Crippen LogP contribution < -0.4 is 19.5 Å². The van der Waals surface area contributed by atoms with Crippen molar-refractivity contribution in [3.05, 3.63) is 22.6 Å². The number of amides is 2. The van der Waals surface area contributed by atoms with Crippen LogP contribution in [0.2, 0.25) is 0 Å². The van der Waals surface area contributed by atoms with Gasteiger partial charge >= 0.3 is 0 Å². The van der Waals surface area contributed by atoms with Crippen molar-refractivity contribution in [3.63, 3.8) is 0 Å². The van der Waals surface area contributed by atoms with Crippen LogP contribution in [0.4, 0.5) is 4.79 Å². The van der Waals surface area contributed by atoms with Crippen molar-refractivity contribution < 1.29 is 23.8 Å². The first-order valence-corrected chi connectivity index (χ1v) is 6.21. The van der Waals surface area contributed by atoms with Crippen LogP contribution in [0.25, 0.3) is 6.08 Å². The molecule has 2 aliphatic rings. The zero-order valence-electron chi connectivity index (χ0n) is 9.89. The number of hydrogen-bond donors (Lipinski definition) is 1. The van der Waals surface area contributed by atoms with E-state index in [0.29, 0.717) is 27.7 Å². The van der Waals surface area contributed by atoms with E-state index in [-0.39, 0.29) is 12.0 Å². The molecule has 19 heavy (non-hydrogen) atoms. The molecule has 0 radical (unpaired) electrons. The number of rotatable bonds is 2. The Morgan fingerprint density at radius 1 is 1.32 bits per heavy atom. The second-order valence-corrected chi connectivity index (χ2v) is 4.81. The molecule has 0 aliphatic carbocycles. The molecule has 3 rings (SSSR count). The largest absolute Gasteiger partial charge is 0.496 e. The number of carbonyl (C=O) groups excluding carboxylic acids is 2. The lowest BCUT2D eigenvalue weighted by Crippen LogP contribution is -2.17. The van der Waals surface area contributed by atoms with Crippen molar-refractivity contribution in [3.8, 4) is 17.2 Å². The first-order valence-electron chi connectivity index (χ1n) is 5.40. The fourth-order valence-corrected chi connectivity index (χ4v) is 2.46. The highest BCUT2D eigenvalue weighted by Crippen LogP contribution is 2.39. The van der Waals surface area contributed by atoms with Crippen molar-refractivity contribution in [2.24, 2.45) is 0 Å². The zero-order valence-corrected chi connectivity index (χ0v) is 10.7. The highest BCUT2D eigenvalue weighted by Gasteiger charge is 2.26. The number of ether oxygens (including phenoxy) is 3. The molecule has 2 amide bonds. The van der Waals surface area contributed by atoms with Crippen molar-refractivity contribution in [1.82, 2.24) is 5.32 Å². The van der Waals surface area contributed by atoms with E-state index in [1.54, 1.807) is 18.2 Å². The first-order chi connectivity index (χ1) is 9.17. The Balaban J connectivity index is 2.03. The first kappa shape index (κ1) is 11.9. The van der Waals surface area contributed by atoms with E-state index in [2.05, 4.69) is 5.32 Å². The van der Waals surface area contributed by atoms with Gasteiger partial charge in [-0.3, -0.25) is 14.9 Å². The van der Waals surface area contributed by atoms with E-state index in [1.165, 1.54) is 7.11 Å². The molecule has 1 saturated heterocycles. The minimum atomic E-state index is -0.408. The molecule has 0 saturated carbocycles. The maximum absolute atomic E-state index is 11.5. The van der Waals surface area contributed by atoms with E-state index in [1.807, 2.05) is 0 Å². The molecule has 1 aromatic rings. The van der Waals surface area contributed by atoms with Crippen LogP contribution >= 0.6 is 11.8 Å². The van der Waals surface area contributed by atoms with Gasteiger partial charge in [-0.2, -0.15) is 0 Å². The third kappa shape index (κ3) is 2.12. The molecule has 0 spiro atoms. The molecule has 98 valence electrons. The van der Waals surface area contributed by atoms with Gasteiger partial charge in [0.25, 0.3) is 11.1 Å². The molecule has 2 heterocycles. The number of nitrogens with one attached hydrogen (secondary N) is 1. The van der Waals surface area contributed by atoms with Gasteiger partial charge in [-0.1, -0.05) is 0 Å². The summed E-state index contributed by atoms with van der Waals surface area (Å²) in [6.07, 6.45) is 1.59. The van der Waals surface area contributed by atoms with Gasteiger partial charge in [-0.25, -0.2) is 0 Å². The lowest BCUT2D eigenvalue weighted by Gasteiger charge is -2.06. The number of benzene rings is 1. The fraction of sp³-hybridized carbons (Fsp3) is 0.167. The van der Waals surface area contributed by atoms with Crippen molar-refractivity contribution in [1.29, 1.82) is 0 Å². The zero-order chi connectivity index (χ0) is 13.4. The summed E-state index contributed by atoms with van der Waals surface area (Å²) < 4.78 is 15.7. The third-order valence-corrected chi connectivity index (χ3v) is 3.46. The van der Waals surface area contributed by atoms with Gasteiger partial charge in [0.1, 0.15) is 5.75 Å². The molecule has 1 N–H and O–H groups in total. The van der Waals surface area contributed by atoms with Gasteiger partial charge in [0.2, 0.25) is 6.79 Å². The van der Waals surface area contributed by atoms with Crippen LogP contribution in [0.5, 0.6) is 17.2 Å². The molecule has 6 nitrogen and oxygen atoms in total. The number of methoxy groups -OCH3 is 1. The number of hydrogen-bond acceptors (Lipinski definition) is 6. The fourth-order valence-electron chi connectivity index (χ4n) is 1.79. The molecule has 0 bridgehead atoms. The lowest BCUT2D eigenvalue weighted by molar-refractivity contribution is -0.115. The standard InChI is InChI=1S/C12H9NO5S/c1-16-7-4-9-8(17-5-18-9)2-6(7)3-10-11(14)13-12(15)19-10/h2-4H,5H2,1H3,(H,13,14,15)/b10-3+. The summed E-state index contributed by atoms with van der Waals surface area (Å²) in [6, 6.07) is 3.40. The summed E-state index contributed by atoms with van der Waals surface area (Å²) in [7, 11) is 1.52. The third-order valence-electron chi connectivity index (χ3n) is 2.65. The van der Waals surface area contributed by atoms with Gasteiger partial charge in [0.15, 0.2) is 11.5 Å². The van der Waals surface area contributed by atoms with Gasteiger partial charge in [-0.05, 0) is 23.9 Å². The van der Waals surface area contributed by atoms with Gasteiger partial charge in [0.05, 0.1) is 12.0 Å². The quantitative estimate of drug-likeness (QED) is 0.831. The predicted octanol–water partition coefficient (Wildman–Crippen LogP) is 1.75. The van der Waals surface area contributed by atoms with Crippen molar-refractivity contribution in [2.75, 3.05) is 13.9 Å². The van der Waals surface area contributed by atoms with Gasteiger partial charge < -0.3 is 14.2 Å². The topological polar surface area (TPSA) is 73.9 Å². The number of thioether (sulfide) groups is 1. The second kappa shape index (κ2) is 4.51. The summed E-state index contributed by atoms with van der Waals surface area (Å²) in [5.41, 5.74) is 0.652.